The minimum absolute atomic E-state index is 0.665. The average molecular weight is 242 g/mol. The maximum atomic E-state index is 4.26. The van der Waals surface area contributed by atoms with Gasteiger partial charge in [-0.1, -0.05) is 24.3 Å². The molecule has 1 aliphatic rings. The third-order valence-electron chi connectivity index (χ3n) is 2.26. The number of rotatable bonds is 2. The Labute approximate surface area is 99.7 Å². The fraction of sp³-hybridized carbons (Fsp3) is 0.455. The van der Waals surface area contributed by atoms with Crippen molar-refractivity contribution in [2.24, 2.45) is 0 Å². The van der Waals surface area contributed by atoms with Gasteiger partial charge in [-0.25, -0.2) is 0 Å². The van der Waals surface area contributed by atoms with E-state index in [-0.39, 0.29) is 0 Å². The molecule has 1 heterocycles. The van der Waals surface area contributed by atoms with Crippen LogP contribution >= 0.6 is 36.2 Å². The van der Waals surface area contributed by atoms with E-state index in [1.807, 2.05) is 0 Å². The van der Waals surface area contributed by atoms with Crippen molar-refractivity contribution in [3.63, 3.8) is 0 Å². The lowest BCUT2D eigenvalue weighted by Crippen LogP contribution is -1.99. The van der Waals surface area contributed by atoms with E-state index in [1.54, 1.807) is 0 Å². The van der Waals surface area contributed by atoms with E-state index < -0.39 is 0 Å². The molecule has 14 heavy (non-hydrogen) atoms. The van der Waals surface area contributed by atoms with Gasteiger partial charge in [0.15, 0.2) is 0 Å². The Kier molecular flexibility index (Phi) is 4.14. The number of benzene rings is 1. The second-order valence-electron chi connectivity index (χ2n) is 3.33. The predicted octanol–water partition coefficient (Wildman–Crippen LogP) is 3.99. The first-order valence-electron chi connectivity index (χ1n) is 4.83. The maximum Gasteiger partial charge on any atom is 0.0751 e. The average Bonchev–Trinajstić information content (AvgIpc) is 2.30. The fourth-order valence-corrected chi connectivity index (χ4v) is 4.57. The lowest BCUT2D eigenvalue weighted by molar-refractivity contribution is 1.10. The van der Waals surface area contributed by atoms with Gasteiger partial charge in [0.1, 0.15) is 0 Å². The monoisotopic (exact) mass is 242 g/mol. The SMILES string of the molecule is SCc1ccc(C2SCCCS2)cc1. The van der Waals surface area contributed by atoms with Crippen LogP contribution in [0.25, 0.3) is 0 Å². The molecule has 1 fully saturated rings. The highest BCUT2D eigenvalue weighted by Crippen LogP contribution is 2.43. The maximum absolute atomic E-state index is 4.26. The Morgan fingerprint density at radius 3 is 2.36 bits per heavy atom. The Balaban J connectivity index is 2.07. The number of hydrogen-bond donors (Lipinski definition) is 1. The third-order valence-corrected chi connectivity index (χ3v) is 5.64. The van der Waals surface area contributed by atoms with Crippen molar-refractivity contribution in [1.29, 1.82) is 0 Å². The molecule has 1 aromatic rings. The Bertz CT molecular complexity index is 275. The van der Waals surface area contributed by atoms with Crippen molar-refractivity contribution in [2.45, 2.75) is 16.8 Å². The summed E-state index contributed by atoms with van der Waals surface area (Å²) in [7, 11) is 0. The summed E-state index contributed by atoms with van der Waals surface area (Å²) in [6, 6.07) is 8.89. The lowest BCUT2D eigenvalue weighted by atomic mass is 10.2. The molecule has 0 N–H and O–H groups in total. The molecule has 0 nitrogen and oxygen atoms in total. The molecular weight excluding hydrogens is 228 g/mol. The van der Waals surface area contributed by atoms with E-state index in [1.165, 1.54) is 29.1 Å². The molecule has 0 aromatic heterocycles. The highest BCUT2D eigenvalue weighted by molar-refractivity contribution is 8.16. The Morgan fingerprint density at radius 1 is 1.14 bits per heavy atom. The van der Waals surface area contributed by atoms with Crippen LogP contribution in [0.15, 0.2) is 24.3 Å². The molecule has 0 atom stereocenters. The molecule has 1 saturated heterocycles. The molecule has 0 radical (unpaired) electrons. The first-order valence-corrected chi connectivity index (χ1v) is 7.56. The normalized spacial score (nSPS) is 18.4. The minimum atomic E-state index is 0.665. The topological polar surface area (TPSA) is 0 Å². The zero-order chi connectivity index (χ0) is 9.80. The summed E-state index contributed by atoms with van der Waals surface area (Å²) in [5.41, 5.74) is 2.77. The van der Waals surface area contributed by atoms with Crippen LogP contribution in [0.2, 0.25) is 0 Å². The van der Waals surface area contributed by atoms with Crippen molar-refractivity contribution in [3.8, 4) is 0 Å². The number of hydrogen-bond acceptors (Lipinski definition) is 3. The van der Waals surface area contributed by atoms with Crippen molar-refractivity contribution in [3.05, 3.63) is 35.4 Å². The van der Waals surface area contributed by atoms with Crippen LogP contribution in [0.5, 0.6) is 0 Å². The summed E-state index contributed by atoms with van der Waals surface area (Å²) in [6.45, 7) is 0. The quantitative estimate of drug-likeness (QED) is 0.779. The molecule has 0 spiro atoms. The summed E-state index contributed by atoms with van der Waals surface area (Å²) in [4.78, 5) is 0. The third kappa shape index (κ3) is 2.65. The largest absolute Gasteiger partial charge is 0.175 e. The smallest absolute Gasteiger partial charge is 0.0751 e. The molecule has 2 rings (SSSR count). The summed E-state index contributed by atoms with van der Waals surface area (Å²) in [5, 5.41) is 0. The van der Waals surface area contributed by atoms with Crippen LogP contribution in [0.3, 0.4) is 0 Å². The number of thioether (sulfide) groups is 2. The summed E-state index contributed by atoms with van der Waals surface area (Å²) >= 11 is 8.41. The van der Waals surface area contributed by atoms with Crippen LogP contribution in [-0.4, -0.2) is 11.5 Å². The van der Waals surface area contributed by atoms with Crippen molar-refractivity contribution in [1.82, 2.24) is 0 Å². The first kappa shape index (κ1) is 10.8. The Hall–Kier alpha value is 0.270. The molecule has 0 saturated carbocycles. The van der Waals surface area contributed by atoms with Gasteiger partial charge in [0.2, 0.25) is 0 Å². The highest BCUT2D eigenvalue weighted by atomic mass is 32.2. The molecule has 3 heteroatoms. The van der Waals surface area contributed by atoms with Gasteiger partial charge < -0.3 is 0 Å². The lowest BCUT2D eigenvalue weighted by Gasteiger charge is -2.21. The van der Waals surface area contributed by atoms with Crippen molar-refractivity contribution < 1.29 is 0 Å². The fourth-order valence-electron chi connectivity index (χ4n) is 1.46. The van der Waals surface area contributed by atoms with E-state index in [0.717, 1.165) is 5.75 Å². The molecule has 76 valence electrons. The summed E-state index contributed by atoms with van der Waals surface area (Å²) < 4.78 is 0.665. The second-order valence-corrected chi connectivity index (χ2v) is 6.37. The molecule has 0 unspecified atom stereocenters. The van der Waals surface area contributed by atoms with Crippen LogP contribution in [-0.2, 0) is 5.75 Å². The van der Waals surface area contributed by atoms with E-state index >= 15 is 0 Å². The zero-order valence-corrected chi connectivity index (χ0v) is 10.5. The zero-order valence-electron chi connectivity index (χ0n) is 7.98. The van der Waals surface area contributed by atoms with Crippen LogP contribution < -0.4 is 0 Å². The Morgan fingerprint density at radius 2 is 1.79 bits per heavy atom. The van der Waals surface area contributed by atoms with Gasteiger partial charge in [-0.3, -0.25) is 0 Å². The van der Waals surface area contributed by atoms with Gasteiger partial charge in [0, 0.05) is 5.75 Å². The molecule has 0 bridgehead atoms. The van der Waals surface area contributed by atoms with Gasteiger partial charge in [-0.05, 0) is 29.1 Å². The van der Waals surface area contributed by atoms with E-state index in [9.17, 15) is 0 Å². The van der Waals surface area contributed by atoms with E-state index in [0.29, 0.717) is 4.58 Å². The molecule has 0 amide bonds. The van der Waals surface area contributed by atoms with Crippen molar-refractivity contribution >= 4 is 36.2 Å². The predicted molar refractivity (Wildman–Crippen MR) is 71.4 cm³/mol. The van der Waals surface area contributed by atoms with E-state index in [2.05, 4.69) is 60.4 Å². The molecule has 1 aliphatic heterocycles. The first-order chi connectivity index (χ1) is 6.90. The van der Waals surface area contributed by atoms with Crippen LogP contribution in [0.1, 0.15) is 22.1 Å². The van der Waals surface area contributed by atoms with Crippen LogP contribution in [0, 0.1) is 0 Å². The van der Waals surface area contributed by atoms with Gasteiger partial charge in [-0.2, -0.15) is 12.6 Å². The van der Waals surface area contributed by atoms with E-state index in [4.69, 9.17) is 0 Å². The van der Waals surface area contributed by atoms with Crippen molar-refractivity contribution in [2.75, 3.05) is 11.5 Å². The van der Waals surface area contributed by atoms with Gasteiger partial charge in [-0.15, -0.1) is 23.5 Å². The molecule has 1 aromatic carbocycles. The minimum Gasteiger partial charge on any atom is -0.175 e. The number of thiol groups is 1. The molecular formula is C11H14S3. The molecule has 0 aliphatic carbocycles. The standard InChI is InChI=1S/C11H14S3/c12-8-9-2-4-10(5-3-9)11-13-6-1-7-14-11/h2-5,11-12H,1,6-8H2. The van der Waals surface area contributed by atoms with Crippen LogP contribution in [0.4, 0.5) is 0 Å². The highest BCUT2D eigenvalue weighted by Gasteiger charge is 2.15. The van der Waals surface area contributed by atoms with Gasteiger partial charge >= 0.3 is 0 Å². The second kappa shape index (κ2) is 5.38. The van der Waals surface area contributed by atoms with Gasteiger partial charge in [0.05, 0.1) is 4.58 Å². The summed E-state index contributed by atoms with van der Waals surface area (Å²) in [6.07, 6.45) is 1.36. The van der Waals surface area contributed by atoms with Gasteiger partial charge in [0.25, 0.3) is 0 Å². The summed E-state index contributed by atoms with van der Waals surface area (Å²) in [5.74, 6) is 3.46.